The van der Waals surface area contributed by atoms with Crippen LogP contribution in [0.2, 0.25) is 5.02 Å². The fraction of sp³-hybridized carbons (Fsp3) is 0.567. The smallest absolute Gasteiger partial charge is 0.407 e. The zero-order valence-electron chi connectivity index (χ0n) is 25.4. The number of hydrazine groups is 1. The molecule has 5 atom stereocenters. The van der Waals surface area contributed by atoms with Crippen molar-refractivity contribution in [3.63, 3.8) is 0 Å². The minimum atomic E-state index is -1.06. The molecule has 0 aliphatic carbocycles. The first-order chi connectivity index (χ1) is 19.9. The predicted molar refractivity (Wildman–Crippen MR) is 160 cm³/mol. The van der Waals surface area contributed by atoms with E-state index in [1.54, 1.807) is 14.0 Å². The number of hydrogen-bond acceptors (Lipinski definition) is 9. The van der Waals surface area contributed by atoms with Crippen LogP contribution < -0.4 is 20.8 Å². The number of carbonyl (C=O) groups excluding carboxylic acids is 3. The summed E-state index contributed by atoms with van der Waals surface area (Å²) in [7, 11) is 4.66. The van der Waals surface area contributed by atoms with Crippen LogP contribution in [0, 0.1) is 0 Å². The molecule has 0 radical (unpaired) electrons. The second kappa shape index (κ2) is 14.4. The number of alkyl carbamates (subject to hydrolysis) is 1. The highest BCUT2D eigenvalue weighted by atomic mass is 35.5. The van der Waals surface area contributed by atoms with Gasteiger partial charge in [0.2, 0.25) is 5.91 Å². The molecule has 232 valence electrons. The molecule has 1 aromatic rings. The van der Waals surface area contributed by atoms with Crippen LogP contribution in [-0.4, -0.2) is 80.7 Å². The van der Waals surface area contributed by atoms with Crippen molar-refractivity contribution < 1.29 is 33.3 Å². The quantitative estimate of drug-likeness (QED) is 0.226. The lowest BCUT2D eigenvalue weighted by Crippen LogP contribution is -2.49. The van der Waals surface area contributed by atoms with Crippen molar-refractivity contribution in [2.24, 2.45) is 5.84 Å². The van der Waals surface area contributed by atoms with Crippen molar-refractivity contribution in [3.8, 4) is 5.75 Å². The Kier molecular flexibility index (Phi) is 11.4. The Bertz CT molecular complexity index is 1220. The number of anilines is 1. The molecule has 3 aliphatic heterocycles. The molecule has 3 heterocycles. The lowest BCUT2D eigenvalue weighted by atomic mass is 9.90. The SMILES string of the molecule is CC.COc1cc2cc(c1Cl)N(C)C(=O)C[C@H](OC(=O)CN(C)N)C1(C)OC1C1CC(C/C=C/C=C(\C)C2)NC(=O)O1. The van der Waals surface area contributed by atoms with Gasteiger partial charge in [0, 0.05) is 26.6 Å². The van der Waals surface area contributed by atoms with E-state index in [0.29, 0.717) is 30.7 Å². The number of nitrogens with zero attached hydrogens (tertiary/aromatic N) is 2. The molecule has 4 bridgehead atoms. The van der Waals surface area contributed by atoms with Crippen molar-refractivity contribution in [2.75, 3.05) is 32.6 Å². The van der Waals surface area contributed by atoms with Crippen molar-refractivity contribution in [3.05, 3.63) is 46.5 Å². The summed E-state index contributed by atoms with van der Waals surface area (Å²) in [6.07, 6.45) is 4.82. The molecule has 42 heavy (non-hydrogen) atoms. The number of nitrogens with two attached hydrogens (primary N) is 1. The number of hydrogen-bond donors (Lipinski definition) is 2. The van der Waals surface area contributed by atoms with E-state index in [4.69, 9.17) is 36.4 Å². The number of nitrogens with one attached hydrogen (secondary N) is 1. The average Bonchev–Trinajstić information content (AvgIpc) is 3.63. The molecule has 4 rings (SSSR count). The molecule has 2 fully saturated rings. The Labute approximate surface area is 252 Å². The van der Waals surface area contributed by atoms with Crippen LogP contribution >= 0.6 is 11.6 Å². The highest BCUT2D eigenvalue weighted by Crippen LogP contribution is 2.47. The van der Waals surface area contributed by atoms with Gasteiger partial charge in [0.25, 0.3) is 0 Å². The summed E-state index contributed by atoms with van der Waals surface area (Å²) in [4.78, 5) is 40.1. The maximum Gasteiger partial charge on any atom is 0.407 e. The van der Waals surface area contributed by atoms with Gasteiger partial charge in [-0.25, -0.2) is 9.80 Å². The minimum Gasteiger partial charge on any atom is -0.495 e. The molecule has 4 unspecified atom stereocenters. The fourth-order valence-corrected chi connectivity index (χ4v) is 5.50. The van der Waals surface area contributed by atoms with Crippen molar-refractivity contribution >= 4 is 35.3 Å². The van der Waals surface area contributed by atoms with Crippen LogP contribution in [0.25, 0.3) is 0 Å². The number of esters is 1. The zero-order valence-corrected chi connectivity index (χ0v) is 26.2. The first-order valence-electron chi connectivity index (χ1n) is 14.2. The van der Waals surface area contributed by atoms with Crippen LogP contribution in [0.5, 0.6) is 5.75 Å². The summed E-state index contributed by atoms with van der Waals surface area (Å²) in [5.74, 6) is 5.12. The topological polar surface area (TPSA) is 136 Å². The van der Waals surface area contributed by atoms with Gasteiger partial charge in [0.15, 0.2) is 0 Å². The Morgan fingerprint density at radius 2 is 2.02 bits per heavy atom. The standard InChI is InChI=1S/C28H37ClN4O7.C2H6/c1-16-8-6-7-9-18-13-21(38-27(36)31-18)26-28(2,40-26)22(39-24(35)15-32(3)30)14-23(34)33(4)19-11-17(10-16)12-20(37-5)25(19)29;1-2/h6-8,11-12,18,21-22,26H,9-10,13-15,30H2,1-5H3,(H,31,36);1-2H3/b7-6+,16-8+;/t18?,21?,22-,26?,28?;/m0./s1. The normalized spacial score (nSPS) is 29.7. The van der Waals surface area contributed by atoms with E-state index in [0.717, 1.165) is 11.1 Å². The predicted octanol–water partition coefficient (Wildman–Crippen LogP) is 3.92. The molecular formula is C30H43ClN4O7. The maximum absolute atomic E-state index is 13.6. The number of rotatable bonds is 4. The second-order valence-electron chi connectivity index (χ2n) is 10.8. The van der Waals surface area contributed by atoms with Crippen molar-refractivity contribution in [1.29, 1.82) is 0 Å². The number of epoxide rings is 1. The zero-order chi connectivity index (χ0) is 31.2. The van der Waals surface area contributed by atoms with Gasteiger partial charge in [-0.2, -0.15) is 0 Å². The largest absolute Gasteiger partial charge is 0.495 e. The van der Waals surface area contributed by atoms with Gasteiger partial charge >= 0.3 is 12.1 Å². The first-order valence-corrected chi connectivity index (χ1v) is 14.5. The Hall–Kier alpha value is -3.12. The molecule has 0 saturated carbocycles. The van der Waals surface area contributed by atoms with E-state index < -0.39 is 36.0 Å². The molecule has 3 aliphatic rings. The van der Waals surface area contributed by atoms with Crippen LogP contribution in [-0.2, 0) is 30.2 Å². The molecule has 2 saturated heterocycles. The van der Waals surface area contributed by atoms with E-state index in [1.807, 2.05) is 51.1 Å². The van der Waals surface area contributed by atoms with Crippen LogP contribution in [0.3, 0.4) is 0 Å². The molecule has 0 spiro atoms. The third kappa shape index (κ3) is 8.03. The van der Waals surface area contributed by atoms with Crippen molar-refractivity contribution in [2.45, 2.75) is 83.3 Å². The number of amides is 2. The Balaban J connectivity index is 0.00000237. The first kappa shape index (κ1) is 33.4. The van der Waals surface area contributed by atoms with Gasteiger partial charge in [0.05, 0.1) is 19.2 Å². The Morgan fingerprint density at radius 3 is 2.69 bits per heavy atom. The molecule has 2 amide bonds. The van der Waals surface area contributed by atoms with Crippen LogP contribution in [0.15, 0.2) is 35.9 Å². The number of fused-ring (bicyclic) bond motifs is 6. The molecule has 1 aromatic carbocycles. The number of carbonyl (C=O) groups is 3. The second-order valence-corrected chi connectivity index (χ2v) is 11.2. The summed E-state index contributed by atoms with van der Waals surface area (Å²) >= 11 is 6.64. The highest BCUT2D eigenvalue weighted by molar-refractivity contribution is 6.35. The molecule has 3 N–H and O–H groups in total. The molecular weight excluding hydrogens is 564 g/mol. The van der Waals surface area contributed by atoms with E-state index in [1.165, 1.54) is 24.1 Å². The summed E-state index contributed by atoms with van der Waals surface area (Å²) in [5, 5.41) is 4.32. The molecule has 12 heteroatoms. The van der Waals surface area contributed by atoms with E-state index in [9.17, 15) is 14.4 Å². The summed E-state index contributed by atoms with van der Waals surface area (Å²) in [6.45, 7) is 7.58. The third-order valence-corrected chi connectivity index (χ3v) is 7.81. The number of ether oxygens (including phenoxy) is 4. The third-order valence-electron chi connectivity index (χ3n) is 7.43. The summed E-state index contributed by atoms with van der Waals surface area (Å²) in [6, 6.07) is 3.54. The lowest BCUT2D eigenvalue weighted by Gasteiger charge is -2.31. The average molecular weight is 607 g/mol. The minimum absolute atomic E-state index is 0.161. The maximum atomic E-state index is 13.6. The lowest BCUT2D eigenvalue weighted by molar-refractivity contribution is -0.154. The van der Waals surface area contributed by atoms with E-state index >= 15 is 0 Å². The molecule has 11 nitrogen and oxygen atoms in total. The van der Waals surface area contributed by atoms with Gasteiger partial charge in [-0.1, -0.05) is 49.2 Å². The Morgan fingerprint density at radius 1 is 1.31 bits per heavy atom. The number of halogens is 1. The number of likely N-dealkylation sites (N-methyl/N-ethyl adjacent to an activating group) is 1. The van der Waals surface area contributed by atoms with E-state index in [2.05, 4.69) is 5.32 Å². The number of benzene rings is 1. The monoisotopic (exact) mass is 606 g/mol. The van der Waals surface area contributed by atoms with Gasteiger partial charge in [-0.05, 0) is 44.4 Å². The van der Waals surface area contributed by atoms with Gasteiger partial charge in [0.1, 0.15) is 41.2 Å². The van der Waals surface area contributed by atoms with Crippen molar-refractivity contribution in [1.82, 2.24) is 10.3 Å². The summed E-state index contributed by atoms with van der Waals surface area (Å²) < 4.78 is 22.9. The number of allylic oxidation sites excluding steroid dienone is 3. The summed E-state index contributed by atoms with van der Waals surface area (Å²) in [5.41, 5.74) is 1.39. The highest BCUT2D eigenvalue weighted by Gasteiger charge is 2.64. The van der Waals surface area contributed by atoms with Gasteiger partial charge in [-0.15, -0.1) is 0 Å². The van der Waals surface area contributed by atoms with Gasteiger partial charge in [-0.3, -0.25) is 15.4 Å². The fourth-order valence-electron chi connectivity index (χ4n) is 5.19. The van der Waals surface area contributed by atoms with Gasteiger partial charge < -0.3 is 29.2 Å². The van der Waals surface area contributed by atoms with Crippen LogP contribution in [0.4, 0.5) is 10.5 Å². The van der Waals surface area contributed by atoms with E-state index in [-0.39, 0.29) is 29.9 Å². The molecule has 0 aromatic heterocycles. The number of methoxy groups -OCH3 is 1. The van der Waals surface area contributed by atoms with Crippen LogP contribution in [0.1, 0.15) is 52.5 Å².